The Morgan fingerprint density at radius 1 is 1.15 bits per heavy atom. The minimum atomic E-state index is -0.503. The lowest BCUT2D eigenvalue weighted by atomic mass is 10.1. The molecule has 1 aromatic carbocycles. The van der Waals surface area contributed by atoms with Gasteiger partial charge in [0, 0.05) is 18.6 Å². The van der Waals surface area contributed by atoms with Crippen LogP contribution in [-0.4, -0.2) is 20.0 Å². The second kappa shape index (κ2) is 3.94. The van der Waals surface area contributed by atoms with Gasteiger partial charge < -0.3 is 9.47 Å². The van der Waals surface area contributed by atoms with Gasteiger partial charge in [0.05, 0.1) is 14.2 Å². The fourth-order valence-corrected chi connectivity index (χ4v) is 0.950. The summed E-state index contributed by atoms with van der Waals surface area (Å²) in [7, 11) is 3.03. The van der Waals surface area contributed by atoms with Gasteiger partial charge in [0.15, 0.2) is 5.78 Å². The molecule has 1 rings (SSSR count). The van der Waals surface area contributed by atoms with Gasteiger partial charge >= 0.3 is 0 Å². The van der Waals surface area contributed by atoms with Crippen molar-refractivity contribution in [2.24, 2.45) is 0 Å². The van der Waals surface area contributed by atoms with Crippen molar-refractivity contribution in [2.75, 3.05) is 14.2 Å². The topological polar surface area (TPSA) is 35.5 Å². The number of carbonyl (C=O) groups excluding carboxylic acids is 1. The molecule has 2 radical (unpaired) electrons. The van der Waals surface area contributed by atoms with Crippen molar-refractivity contribution in [2.45, 2.75) is 0 Å². The van der Waals surface area contributed by atoms with Gasteiger partial charge in [0.25, 0.3) is 0 Å². The van der Waals surface area contributed by atoms with Crippen LogP contribution >= 0.6 is 0 Å². The first kappa shape index (κ1) is 9.58. The minimum Gasteiger partial charge on any atom is -0.497 e. The summed E-state index contributed by atoms with van der Waals surface area (Å²) in [5, 5.41) is 0. The number of hydrogen-bond acceptors (Lipinski definition) is 3. The normalized spacial score (nSPS) is 9.46. The summed E-state index contributed by atoms with van der Waals surface area (Å²) in [5.74, 6) is 0.596. The molecule has 68 valence electrons. The molecule has 0 saturated carbocycles. The van der Waals surface area contributed by atoms with E-state index in [9.17, 15) is 4.79 Å². The van der Waals surface area contributed by atoms with Crippen LogP contribution in [-0.2, 0) is 0 Å². The molecule has 0 fully saturated rings. The maximum absolute atomic E-state index is 10.8. The molecule has 0 aliphatic carbocycles. The van der Waals surface area contributed by atoms with Crippen LogP contribution in [0.1, 0.15) is 10.4 Å². The smallest absolute Gasteiger partial charge is 0.167 e. The highest BCUT2D eigenvalue weighted by Crippen LogP contribution is 2.22. The van der Waals surface area contributed by atoms with E-state index in [2.05, 4.69) is 0 Å². The van der Waals surface area contributed by atoms with Crippen molar-refractivity contribution in [3.8, 4) is 11.5 Å². The quantitative estimate of drug-likeness (QED) is 0.659. The molecule has 1 aromatic rings. The number of ether oxygens (including phenoxy) is 2. The van der Waals surface area contributed by atoms with Crippen LogP contribution in [0.3, 0.4) is 0 Å². The van der Waals surface area contributed by atoms with Gasteiger partial charge in [-0.15, -0.1) is 0 Å². The van der Waals surface area contributed by atoms with Crippen LogP contribution in [0, 0.1) is 6.92 Å². The highest BCUT2D eigenvalue weighted by atomic mass is 16.5. The zero-order valence-corrected chi connectivity index (χ0v) is 7.53. The van der Waals surface area contributed by atoms with Crippen LogP contribution in [0.2, 0.25) is 0 Å². The predicted molar refractivity (Wildman–Crippen MR) is 48.2 cm³/mol. The van der Waals surface area contributed by atoms with Crippen LogP contribution in [0.15, 0.2) is 18.2 Å². The number of rotatable bonds is 3. The standard InChI is InChI=1S/C10H10O3/c1-7(11)8-4-9(12-2)6-10(5-8)13-3/h1,4-6H,2-3H3. The SMILES string of the molecule is [CH]C(=O)c1cc(OC)cc(OC)c1. The van der Waals surface area contributed by atoms with Crippen molar-refractivity contribution in [1.82, 2.24) is 0 Å². The summed E-state index contributed by atoms with van der Waals surface area (Å²) in [4.78, 5) is 10.8. The zero-order valence-electron chi connectivity index (χ0n) is 7.53. The van der Waals surface area contributed by atoms with Crippen molar-refractivity contribution in [1.29, 1.82) is 0 Å². The average Bonchev–Trinajstić information content (AvgIpc) is 2.16. The predicted octanol–water partition coefficient (Wildman–Crippen LogP) is 1.60. The lowest BCUT2D eigenvalue weighted by molar-refractivity contribution is 0.104. The van der Waals surface area contributed by atoms with Crippen molar-refractivity contribution >= 4 is 5.78 Å². The van der Waals surface area contributed by atoms with E-state index in [1.54, 1.807) is 18.2 Å². The van der Waals surface area contributed by atoms with Crippen LogP contribution < -0.4 is 9.47 Å². The number of hydrogen-bond donors (Lipinski definition) is 0. The Hall–Kier alpha value is -1.51. The summed E-state index contributed by atoms with van der Waals surface area (Å²) >= 11 is 0. The van der Waals surface area contributed by atoms with Gasteiger partial charge in [-0.25, -0.2) is 0 Å². The molecule has 0 saturated heterocycles. The van der Waals surface area contributed by atoms with E-state index in [0.29, 0.717) is 17.1 Å². The summed E-state index contributed by atoms with van der Waals surface area (Å²) < 4.78 is 9.92. The van der Waals surface area contributed by atoms with Gasteiger partial charge in [0.2, 0.25) is 0 Å². The highest BCUT2D eigenvalue weighted by molar-refractivity contribution is 5.99. The largest absolute Gasteiger partial charge is 0.497 e. The number of Topliss-reactive ketones (excluding diaryl/α,β-unsaturated/α-hetero) is 1. The molecule has 0 heterocycles. The first-order valence-corrected chi connectivity index (χ1v) is 3.70. The second-order valence-corrected chi connectivity index (χ2v) is 2.47. The number of benzene rings is 1. The third-order valence-corrected chi connectivity index (χ3v) is 1.64. The van der Waals surface area contributed by atoms with Gasteiger partial charge in [-0.1, -0.05) is 0 Å². The highest BCUT2D eigenvalue weighted by Gasteiger charge is 2.04. The first-order valence-electron chi connectivity index (χ1n) is 3.70. The van der Waals surface area contributed by atoms with E-state index in [4.69, 9.17) is 16.4 Å². The second-order valence-electron chi connectivity index (χ2n) is 2.47. The molecule has 13 heavy (non-hydrogen) atoms. The van der Waals surface area contributed by atoms with E-state index in [1.807, 2.05) is 0 Å². The first-order chi connectivity index (χ1) is 6.17. The summed E-state index contributed by atoms with van der Waals surface area (Å²) in [6, 6.07) is 4.79. The summed E-state index contributed by atoms with van der Waals surface area (Å²) in [5.41, 5.74) is 0.371. The van der Waals surface area contributed by atoms with E-state index in [-0.39, 0.29) is 0 Å². The molecule has 0 bridgehead atoms. The fraction of sp³-hybridized carbons (Fsp3) is 0.200. The Bertz CT molecular complexity index is 296. The van der Waals surface area contributed by atoms with E-state index >= 15 is 0 Å². The fourth-order valence-electron chi connectivity index (χ4n) is 0.950. The molecule has 0 aliphatic heterocycles. The molecule has 0 amide bonds. The zero-order chi connectivity index (χ0) is 9.84. The number of carbonyl (C=O) groups is 1. The monoisotopic (exact) mass is 178 g/mol. The molecular weight excluding hydrogens is 168 g/mol. The van der Waals surface area contributed by atoms with E-state index in [0.717, 1.165) is 0 Å². The molecule has 0 atom stereocenters. The van der Waals surface area contributed by atoms with Crippen molar-refractivity contribution in [3.05, 3.63) is 30.7 Å². The Kier molecular flexibility index (Phi) is 2.90. The maximum atomic E-state index is 10.8. The van der Waals surface area contributed by atoms with Crippen molar-refractivity contribution in [3.63, 3.8) is 0 Å². The van der Waals surface area contributed by atoms with Gasteiger partial charge in [-0.3, -0.25) is 4.79 Å². The van der Waals surface area contributed by atoms with Gasteiger partial charge in [-0.05, 0) is 12.1 Å². The van der Waals surface area contributed by atoms with Gasteiger partial charge in [-0.2, -0.15) is 0 Å². The minimum absolute atomic E-state index is 0.371. The third kappa shape index (κ3) is 2.21. The van der Waals surface area contributed by atoms with E-state index in [1.165, 1.54) is 14.2 Å². The Morgan fingerprint density at radius 2 is 1.62 bits per heavy atom. The molecule has 0 aromatic heterocycles. The van der Waals surface area contributed by atoms with Crippen LogP contribution in [0.5, 0.6) is 11.5 Å². The Labute approximate surface area is 77.3 Å². The molecule has 0 unspecified atom stereocenters. The molecule has 0 aliphatic rings. The maximum Gasteiger partial charge on any atom is 0.167 e. The number of ketones is 1. The molecule has 3 nitrogen and oxygen atoms in total. The van der Waals surface area contributed by atoms with Crippen LogP contribution in [0.4, 0.5) is 0 Å². The molecular formula is C10H10O3. The average molecular weight is 178 g/mol. The van der Waals surface area contributed by atoms with E-state index < -0.39 is 5.78 Å². The Morgan fingerprint density at radius 3 is 1.92 bits per heavy atom. The molecule has 0 N–H and O–H groups in total. The molecule has 3 heteroatoms. The summed E-state index contributed by atoms with van der Waals surface area (Å²) in [6.07, 6.45) is 0. The third-order valence-electron chi connectivity index (χ3n) is 1.64. The van der Waals surface area contributed by atoms with Crippen LogP contribution in [0.25, 0.3) is 0 Å². The summed E-state index contributed by atoms with van der Waals surface area (Å²) in [6.45, 7) is 5.11. The lowest BCUT2D eigenvalue weighted by Gasteiger charge is -2.05. The lowest BCUT2D eigenvalue weighted by Crippen LogP contribution is -1.95. The number of methoxy groups -OCH3 is 2. The van der Waals surface area contributed by atoms with Gasteiger partial charge in [0.1, 0.15) is 11.5 Å². The Balaban J connectivity index is 3.14. The van der Waals surface area contributed by atoms with Crippen molar-refractivity contribution < 1.29 is 14.3 Å². The molecule has 0 spiro atoms.